The monoisotopic (exact) mass is 258 g/mol. The Bertz CT molecular complexity index is 444. The van der Waals surface area contributed by atoms with E-state index in [1.54, 1.807) is 0 Å². The highest BCUT2D eigenvalue weighted by Crippen LogP contribution is 2.46. The average molecular weight is 258 g/mol. The van der Waals surface area contributed by atoms with Crippen molar-refractivity contribution in [2.45, 2.75) is 5.41 Å². The number of nitrogens with two attached hydrogens (primary N) is 1. The maximum absolute atomic E-state index is 6.17. The maximum atomic E-state index is 6.17. The summed E-state index contributed by atoms with van der Waals surface area (Å²) in [5.74, 6) is 1.34. The lowest BCUT2D eigenvalue weighted by Crippen LogP contribution is -2.64. The van der Waals surface area contributed by atoms with Crippen molar-refractivity contribution in [1.82, 2.24) is 14.8 Å². The number of nitrogens with zero attached hydrogens (tertiary/aromatic N) is 3. The van der Waals surface area contributed by atoms with E-state index in [0.29, 0.717) is 5.92 Å². The summed E-state index contributed by atoms with van der Waals surface area (Å²) in [6.45, 7) is 8.04. The van der Waals surface area contributed by atoms with Crippen LogP contribution >= 0.6 is 0 Å². The average Bonchev–Trinajstić information content (AvgIpc) is 2.68. The Morgan fingerprint density at radius 3 is 2.58 bits per heavy atom. The van der Waals surface area contributed by atoms with E-state index in [1.165, 1.54) is 31.7 Å². The standard InChI is InChI=1S/C15H22N4/c16-6-14-12-8-18-4-5-19(9-12)11-15(14,10-18)13-2-1-3-17-7-13/h1-3,7,12,14H,4-6,8-11,16H2. The van der Waals surface area contributed by atoms with Gasteiger partial charge < -0.3 is 15.5 Å². The Kier molecular flexibility index (Phi) is 2.65. The van der Waals surface area contributed by atoms with Crippen LogP contribution < -0.4 is 5.73 Å². The second-order valence-corrected chi connectivity index (χ2v) is 6.47. The van der Waals surface area contributed by atoms with Crippen molar-refractivity contribution >= 4 is 0 Å². The first-order chi connectivity index (χ1) is 9.32. The summed E-state index contributed by atoms with van der Waals surface area (Å²) >= 11 is 0. The van der Waals surface area contributed by atoms with E-state index in [9.17, 15) is 0 Å². The fourth-order valence-electron chi connectivity index (χ4n) is 4.73. The van der Waals surface area contributed by atoms with E-state index in [4.69, 9.17) is 5.73 Å². The van der Waals surface area contributed by atoms with Gasteiger partial charge in [-0.15, -0.1) is 0 Å². The molecular weight excluding hydrogens is 236 g/mol. The molecule has 4 aliphatic heterocycles. The number of fused-ring (bicyclic) bond motifs is 1. The molecule has 0 spiro atoms. The highest BCUT2D eigenvalue weighted by molar-refractivity contribution is 5.29. The van der Waals surface area contributed by atoms with E-state index in [0.717, 1.165) is 25.6 Å². The maximum Gasteiger partial charge on any atom is 0.0306 e. The largest absolute Gasteiger partial charge is 0.330 e. The summed E-state index contributed by atoms with van der Waals surface area (Å²) in [7, 11) is 0. The van der Waals surface area contributed by atoms with Gasteiger partial charge in [-0.25, -0.2) is 0 Å². The molecule has 2 N–H and O–H groups in total. The molecule has 4 saturated heterocycles. The van der Waals surface area contributed by atoms with Gasteiger partial charge in [-0.1, -0.05) is 6.07 Å². The van der Waals surface area contributed by atoms with Crippen LogP contribution in [0.15, 0.2) is 24.5 Å². The fraction of sp³-hybridized carbons (Fsp3) is 0.667. The molecule has 1 aromatic rings. The molecule has 5 heterocycles. The Morgan fingerprint density at radius 1 is 1.26 bits per heavy atom. The smallest absolute Gasteiger partial charge is 0.0306 e. The molecular formula is C15H22N4. The van der Waals surface area contributed by atoms with Crippen LogP contribution in [0.2, 0.25) is 0 Å². The Morgan fingerprint density at radius 2 is 2.00 bits per heavy atom. The zero-order valence-electron chi connectivity index (χ0n) is 11.3. The van der Waals surface area contributed by atoms with Crippen molar-refractivity contribution < 1.29 is 0 Å². The number of hydrogen-bond acceptors (Lipinski definition) is 4. The van der Waals surface area contributed by atoms with Crippen molar-refractivity contribution in [1.29, 1.82) is 0 Å². The first-order valence-corrected chi connectivity index (χ1v) is 7.37. The third-order valence-corrected chi connectivity index (χ3v) is 5.50. The SMILES string of the molecule is NCC1C2CN3CCN(C2)CC1(c1cccnc1)C3. The summed E-state index contributed by atoms with van der Waals surface area (Å²) < 4.78 is 0. The second-order valence-electron chi connectivity index (χ2n) is 6.47. The fourth-order valence-corrected chi connectivity index (χ4v) is 4.73. The Labute approximate surface area is 114 Å². The topological polar surface area (TPSA) is 45.4 Å². The molecule has 4 aliphatic rings. The van der Waals surface area contributed by atoms with Gasteiger partial charge in [0.2, 0.25) is 0 Å². The lowest BCUT2D eigenvalue weighted by atomic mass is 9.60. The number of aromatic nitrogens is 1. The summed E-state index contributed by atoms with van der Waals surface area (Å²) in [4.78, 5) is 9.66. The summed E-state index contributed by atoms with van der Waals surface area (Å²) in [5.41, 5.74) is 7.77. The highest BCUT2D eigenvalue weighted by Gasteiger charge is 2.54. The van der Waals surface area contributed by atoms with Crippen molar-refractivity contribution in [3.05, 3.63) is 30.1 Å². The summed E-state index contributed by atoms with van der Waals surface area (Å²) in [6, 6.07) is 4.33. The van der Waals surface area contributed by atoms with Crippen LogP contribution in [0.4, 0.5) is 0 Å². The molecule has 102 valence electrons. The van der Waals surface area contributed by atoms with Gasteiger partial charge in [0, 0.05) is 57.1 Å². The van der Waals surface area contributed by atoms with Crippen LogP contribution in [0, 0.1) is 11.8 Å². The molecule has 1 aromatic heterocycles. The highest BCUT2D eigenvalue weighted by atomic mass is 15.3. The van der Waals surface area contributed by atoms with Gasteiger partial charge in [-0.05, 0) is 30.0 Å². The predicted molar refractivity (Wildman–Crippen MR) is 74.8 cm³/mol. The van der Waals surface area contributed by atoms with E-state index in [1.807, 2.05) is 6.20 Å². The number of hydrogen-bond donors (Lipinski definition) is 1. The molecule has 0 radical (unpaired) electrons. The van der Waals surface area contributed by atoms with Crippen LogP contribution in [0.5, 0.6) is 0 Å². The number of pyridine rings is 1. The number of piperidine rings is 2. The van der Waals surface area contributed by atoms with Crippen molar-refractivity contribution in [3.8, 4) is 0 Å². The van der Waals surface area contributed by atoms with Crippen molar-refractivity contribution in [2.75, 3.05) is 45.8 Å². The Hall–Kier alpha value is -0.970. The molecule has 19 heavy (non-hydrogen) atoms. The number of rotatable bonds is 2. The minimum Gasteiger partial charge on any atom is -0.330 e. The van der Waals surface area contributed by atoms with Crippen molar-refractivity contribution in [3.63, 3.8) is 0 Å². The minimum absolute atomic E-state index is 0.209. The first kappa shape index (κ1) is 11.8. The molecule has 4 heteroatoms. The quantitative estimate of drug-likeness (QED) is 0.820. The van der Waals surface area contributed by atoms with Crippen LogP contribution in [0.1, 0.15) is 5.56 Å². The molecule has 0 aliphatic carbocycles. The van der Waals surface area contributed by atoms with Gasteiger partial charge in [0.1, 0.15) is 0 Å². The molecule has 3 unspecified atom stereocenters. The zero-order valence-corrected chi connectivity index (χ0v) is 11.3. The van der Waals surface area contributed by atoms with Crippen LogP contribution in [-0.4, -0.2) is 60.6 Å². The van der Waals surface area contributed by atoms with Crippen molar-refractivity contribution in [2.24, 2.45) is 17.6 Å². The van der Waals surface area contributed by atoms with Gasteiger partial charge >= 0.3 is 0 Å². The molecule has 4 nitrogen and oxygen atoms in total. The molecule has 4 fully saturated rings. The third kappa shape index (κ3) is 1.67. The summed E-state index contributed by atoms with van der Waals surface area (Å²) in [5, 5.41) is 0. The third-order valence-electron chi connectivity index (χ3n) is 5.50. The molecule has 3 atom stereocenters. The molecule has 0 aromatic carbocycles. The van der Waals surface area contributed by atoms with Gasteiger partial charge in [0.25, 0.3) is 0 Å². The predicted octanol–water partition coefficient (Wildman–Crippen LogP) is 0.155. The van der Waals surface area contributed by atoms with Gasteiger partial charge in [-0.3, -0.25) is 4.98 Å². The van der Waals surface area contributed by atoms with Crippen LogP contribution in [-0.2, 0) is 5.41 Å². The normalized spacial score (nSPS) is 44.3. The lowest BCUT2D eigenvalue weighted by Gasteiger charge is -2.55. The van der Waals surface area contributed by atoms with E-state index in [-0.39, 0.29) is 5.41 Å². The molecule has 0 amide bonds. The minimum atomic E-state index is 0.209. The van der Waals surface area contributed by atoms with Crippen LogP contribution in [0.25, 0.3) is 0 Å². The van der Waals surface area contributed by atoms with E-state index in [2.05, 4.69) is 33.1 Å². The van der Waals surface area contributed by atoms with Crippen LogP contribution in [0.3, 0.4) is 0 Å². The van der Waals surface area contributed by atoms with Gasteiger partial charge in [0.15, 0.2) is 0 Å². The zero-order chi connectivity index (χ0) is 12.9. The lowest BCUT2D eigenvalue weighted by molar-refractivity contribution is -0.00253. The second kappa shape index (κ2) is 4.27. The summed E-state index contributed by atoms with van der Waals surface area (Å²) in [6.07, 6.45) is 3.94. The Balaban J connectivity index is 1.83. The van der Waals surface area contributed by atoms with Gasteiger partial charge in [0.05, 0.1) is 0 Å². The molecule has 0 saturated carbocycles. The van der Waals surface area contributed by atoms with E-state index < -0.39 is 0 Å². The molecule has 4 bridgehead atoms. The first-order valence-electron chi connectivity index (χ1n) is 7.37. The molecule has 5 rings (SSSR count). The van der Waals surface area contributed by atoms with E-state index >= 15 is 0 Å². The van der Waals surface area contributed by atoms with Gasteiger partial charge in [-0.2, -0.15) is 0 Å².